The Morgan fingerprint density at radius 1 is 0.583 bits per heavy atom. The van der Waals surface area contributed by atoms with E-state index >= 15 is 0 Å². The van der Waals surface area contributed by atoms with Gasteiger partial charge in [-0.15, -0.1) is 0 Å². The fraction of sp³-hybridized carbons (Fsp3) is 1.00. The monoisotopic (exact) mass is 414 g/mol. The van der Waals surface area contributed by atoms with Crippen LogP contribution in [0, 0.1) is 0 Å². The molecule has 6 N–H and O–H groups in total. The number of rotatable bonds is 12. The van der Waals surface area contributed by atoms with Crippen molar-refractivity contribution in [1.82, 2.24) is 0 Å². The van der Waals surface area contributed by atoms with Crippen LogP contribution < -0.4 is 0 Å². The van der Waals surface area contributed by atoms with E-state index in [1.807, 2.05) is 6.92 Å². The van der Waals surface area contributed by atoms with E-state index in [0.29, 0.717) is 19.8 Å². The van der Waals surface area contributed by atoms with E-state index in [2.05, 4.69) is 18.4 Å². The summed E-state index contributed by atoms with van der Waals surface area (Å²) in [4.78, 5) is 47.2. The zero-order valence-electron chi connectivity index (χ0n) is 14.6. The quantitative estimate of drug-likeness (QED) is 0.209. The van der Waals surface area contributed by atoms with Gasteiger partial charge in [0.25, 0.3) is 0 Å². The molecule has 0 heterocycles. The molecular formula is C12H33O9P3. The van der Waals surface area contributed by atoms with E-state index in [1.165, 1.54) is 0 Å². The molecule has 0 spiro atoms. The van der Waals surface area contributed by atoms with Crippen molar-refractivity contribution in [3.05, 3.63) is 0 Å². The Balaban J connectivity index is -0.000000316. The Labute approximate surface area is 148 Å². The summed E-state index contributed by atoms with van der Waals surface area (Å²) in [6, 6.07) is 0. The molecule has 0 amide bonds. The van der Waals surface area contributed by atoms with Crippen molar-refractivity contribution >= 4 is 25.8 Å². The summed E-state index contributed by atoms with van der Waals surface area (Å²) in [5.41, 5.74) is 0. The molecule has 0 rings (SSSR count). The first kappa shape index (κ1) is 29.7. The smallest absolute Gasteiger partial charge is 0.328 e. The van der Waals surface area contributed by atoms with Crippen LogP contribution in [0.4, 0.5) is 0 Å². The second-order valence-corrected chi connectivity index (χ2v) is 6.61. The Morgan fingerprint density at radius 3 is 1.12 bits per heavy atom. The van der Waals surface area contributed by atoms with Gasteiger partial charge in [0.15, 0.2) is 0 Å². The zero-order chi connectivity index (χ0) is 19.2. The third kappa shape index (κ3) is 43.5. The van der Waals surface area contributed by atoms with Crippen molar-refractivity contribution in [3.63, 3.8) is 0 Å². The van der Waals surface area contributed by atoms with Gasteiger partial charge in [-0.3, -0.25) is 0 Å². The van der Waals surface area contributed by atoms with E-state index in [9.17, 15) is 0 Å². The van der Waals surface area contributed by atoms with Crippen LogP contribution in [0.1, 0.15) is 59.3 Å². The van der Waals surface area contributed by atoms with Crippen LogP contribution in [-0.4, -0.2) is 49.2 Å². The van der Waals surface area contributed by atoms with Gasteiger partial charge in [-0.05, 0) is 19.3 Å². The Morgan fingerprint density at radius 2 is 0.875 bits per heavy atom. The Kier molecular flexibility index (Phi) is 32.4. The molecule has 0 aromatic heterocycles. The fourth-order valence-electron chi connectivity index (χ4n) is 0.902. The molecule has 0 aliphatic carbocycles. The second-order valence-electron chi connectivity index (χ2n) is 4.32. The number of hydrogen-bond acceptors (Lipinski definition) is 9. The van der Waals surface area contributed by atoms with Crippen LogP contribution >= 0.6 is 25.8 Å². The minimum Gasteiger partial charge on any atom is -0.328 e. The summed E-state index contributed by atoms with van der Waals surface area (Å²) in [5, 5.41) is 0. The van der Waals surface area contributed by atoms with Gasteiger partial charge in [-0.25, -0.2) is 0 Å². The lowest BCUT2D eigenvalue weighted by molar-refractivity contribution is 0.196. The summed E-state index contributed by atoms with van der Waals surface area (Å²) in [6.45, 7) is 7.84. The fourth-order valence-corrected chi connectivity index (χ4v) is 1.84. The normalized spacial score (nSPS) is 10.5. The lowest BCUT2D eigenvalue weighted by Crippen LogP contribution is -1.94. The lowest BCUT2D eigenvalue weighted by Gasteiger charge is -2.09. The maximum atomic E-state index is 9.12. The molecule has 9 nitrogen and oxygen atoms in total. The summed E-state index contributed by atoms with van der Waals surface area (Å²) >= 11 is 0. The average Bonchev–Trinajstić information content (AvgIpc) is 2.48. The van der Waals surface area contributed by atoms with E-state index in [4.69, 9.17) is 38.4 Å². The van der Waals surface area contributed by atoms with Gasteiger partial charge in [-0.1, -0.05) is 40.0 Å². The first-order valence-electron chi connectivity index (χ1n) is 7.74. The topological polar surface area (TPSA) is 149 Å². The van der Waals surface area contributed by atoms with Gasteiger partial charge in [0, 0.05) is 0 Å². The summed E-state index contributed by atoms with van der Waals surface area (Å²) in [7, 11) is -6.34. The zero-order valence-corrected chi connectivity index (χ0v) is 17.3. The first-order chi connectivity index (χ1) is 11.3. The SMILES string of the molecule is CCCCOP(O)O.CCCCOP(O)OCCCC.OP(O)O. The van der Waals surface area contributed by atoms with E-state index in [0.717, 1.165) is 38.5 Å². The van der Waals surface area contributed by atoms with Crippen molar-refractivity contribution in [1.29, 1.82) is 0 Å². The highest BCUT2D eigenvalue weighted by atomic mass is 31.2. The van der Waals surface area contributed by atoms with Crippen molar-refractivity contribution in [2.24, 2.45) is 0 Å². The van der Waals surface area contributed by atoms with Crippen LogP contribution in [0.15, 0.2) is 0 Å². The summed E-state index contributed by atoms with van der Waals surface area (Å²) in [5.74, 6) is 0. The van der Waals surface area contributed by atoms with E-state index in [-0.39, 0.29) is 0 Å². The maximum Gasteiger partial charge on any atom is 0.329 e. The molecule has 0 atom stereocenters. The molecule has 0 aromatic rings. The van der Waals surface area contributed by atoms with Crippen molar-refractivity contribution in [3.8, 4) is 0 Å². The number of hydrogen-bond donors (Lipinski definition) is 6. The highest BCUT2D eigenvalue weighted by Gasteiger charge is 2.04. The van der Waals surface area contributed by atoms with Gasteiger partial charge in [-0.2, -0.15) is 0 Å². The Bertz CT molecular complexity index is 201. The highest BCUT2D eigenvalue weighted by molar-refractivity contribution is 7.40. The van der Waals surface area contributed by atoms with E-state index < -0.39 is 25.8 Å². The van der Waals surface area contributed by atoms with Gasteiger partial charge in [0.1, 0.15) is 0 Å². The molecular weight excluding hydrogens is 381 g/mol. The molecule has 0 bridgehead atoms. The minimum atomic E-state index is -2.62. The molecule has 0 radical (unpaired) electrons. The molecule has 150 valence electrons. The average molecular weight is 414 g/mol. The third-order valence-corrected chi connectivity index (χ3v) is 3.32. The molecule has 24 heavy (non-hydrogen) atoms. The van der Waals surface area contributed by atoms with Crippen molar-refractivity contribution in [2.75, 3.05) is 19.8 Å². The minimum absolute atomic E-state index is 0.454. The van der Waals surface area contributed by atoms with Gasteiger partial charge in [0.05, 0.1) is 19.8 Å². The molecule has 0 aliphatic rings. The number of unbranched alkanes of at least 4 members (excludes halogenated alkanes) is 3. The van der Waals surface area contributed by atoms with Crippen LogP contribution in [0.5, 0.6) is 0 Å². The predicted molar refractivity (Wildman–Crippen MR) is 96.7 cm³/mol. The van der Waals surface area contributed by atoms with Crippen LogP contribution in [0.25, 0.3) is 0 Å². The second kappa shape index (κ2) is 26.2. The molecule has 0 aliphatic heterocycles. The maximum absolute atomic E-state index is 9.12. The van der Waals surface area contributed by atoms with Gasteiger partial charge in [0.2, 0.25) is 0 Å². The van der Waals surface area contributed by atoms with Crippen LogP contribution in [0.3, 0.4) is 0 Å². The first-order valence-corrected chi connectivity index (χ1v) is 11.2. The predicted octanol–water partition coefficient (Wildman–Crippen LogP) is 3.04. The van der Waals surface area contributed by atoms with Gasteiger partial charge >= 0.3 is 25.8 Å². The largest absolute Gasteiger partial charge is 0.329 e. The van der Waals surface area contributed by atoms with Crippen LogP contribution in [0.2, 0.25) is 0 Å². The molecule has 0 unspecified atom stereocenters. The third-order valence-electron chi connectivity index (χ3n) is 2.10. The molecule has 12 heteroatoms. The van der Waals surface area contributed by atoms with Gasteiger partial charge < -0.3 is 42.9 Å². The molecule has 0 aromatic carbocycles. The summed E-state index contributed by atoms with van der Waals surface area (Å²) < 4.78 is 14.5. The summed E-state index contributed by atoms with van der Waals surface area (Å²) in [6.07, 6.45) is 6.03. The Hall–Kier alpha value is 0.930. The lowest BCUT2D eigenvalue weighted by atomic mass is 10.4. The van der Waals surface area contributed by atoms with Crippen molar-refractivity contribution in [2.45, 2.75) is 59.3 Å². The molecule has 0 saturated carbocycles. The van der Waals surface area contributed by atoms with E-state index in [1.54, 1.807) is 0 Å². The molecule has 0 saturated heterocycles. The van der Waals surface area contributed by atoms with Crippen molar-refractivity contribution < 1.29 is 42.9 Å². The highest BCUT2D eigenvalue weighted by Crippen LogP contribution is 2.32. The standard InChI is InChI=1S/C8H19O3P.C4H11O3P.H3O3P/c1-3-5-7-10-12(9)11-8-6-4-2;1-2-3-4-7-8(5)6;1-4(2)3/h9H,3-8H2,1-2H3;5-6H,2-4H2,1H3;1-3H. The molecule has 0 fully saturated rings. The van der Waals surface area contributed by atoms with Crippen LogP contribution in [-0.2, 0) is 13.6 Å².